The number of rotatable bonds is 9. The number of fused-ring (bicyclic) bond motifs is 1. The molecule has 4 atom stereocenters. The maximum Gasteiger partial charge on any atom is 0.278 e. The molecular formula is C16H26N6O5. The number of anilines is 1. The summed E-state index contributed by atoms with van der Waals surface area (Å²) in [4.78, 5) is 23.0. The van der Waals surface area contributed by atoms with Crippen molar-refractivity contribution < 1.29 is 20.1 Å². The van der Waals surface area contributed by atoms with E-state index >= 15 is 0 Å². The summed E-state index contributed by atoms with van der Waals surface area (Å²) < 4.78 is 7.05. The summed E-state index contributed by atoms with van der Waals surface area (Å²) >= 11 is 0. The molecule has 0 unspecified atom stereocenters. The Bertz CT molecular complexity index is 808. The molecule has 2 aromatic rings. The SMILES string of the molecule is NCCCCCCNc1nc2c(=O)[nH]cnc2n1[C@@H]1O[C@H](CO)[C@H](O)[C@H]1O. The summed E-state index contributed by atoms with van der Waals surface area (Å²) in [6.45, 7) is 0.822. The minimum atomic E-state index is -1.30. The highest BCUT2D eigenvalue weighted by Crippen LogP contribution is 2.33. The lowest BCUT2D eigenvalue weighted by molar-refractivity contribution is -0.0501. The molecule has 7 N–H and O–H groups in total. The topological polar surface area (TPSA) is 172 Å². The third kappa shape index (κ3) is 3.96. The molecule has 11 nitrogen and oxygen atoms in total. The third-order valence-electron chi connectivity index (χ3n) is 4.67. The summed E-state index contributed by atoms with van der Waals surface area (Å²) in [5.74, 6) is 0.308. The Morgan fingerprint density at radius 2 is 2.04 bits per heavy atom. The number of ether oxygens (including phenoxy) is 1. The normalized spacial score (nSPS) is 25.3. The van der Waals surface area contributed by atoms with E-state index in [2.05, 4.69) is 20.3 Å². The lowest BCUT2D eigenvalue weighted by Crippen LogP contribution is -2.33. The molecule has 1 saturated heterocycles. The molecule has 0 aromatic carbocycles. The summed E-state index contributed by atoms with van der Waals surface area (Å²) in [5.41, 5.74) is 5.38. The number of aliphatic hydroxyl groups excluding tert-OH is 3. The number of nitrogens with one attached hydrogen (secondary N) is 2. The molecule has 0 spiro atoms. The van der Waals surface area contributed by atoms with Crippen molar-refractivity contribution in [1.82, 2.24) is 19.5 Å². The van der Waals surface area contributed by atoms with Gasteiger partial charge in [0, 0.05) is 6.54 Å². The summed E-state index contributed by atoms with van der Waals surface area (Å²) in [6, 6.07) is 0. The first-order valence-corrected chi connectivity index (χ1v) is 9.10. The van der Waals surface area contributed by atoms with Crippen LogP contribution in [0.15, 0.2) is 11.1 Å². The van der Waals surface area contributed by atoms with Gasteiger partial charge < -0.3 is 36.1 Å². The van der Waals surface area contributed by atoms with Gasteiger partial charge in [-0.15, -0.1) is 0 Å². The average molecular weight is 382 g/mol. The van der Waals surface area contributed by atoms with Gasteiger partial charge >= 0.3 is 0 Å². The zero-order chi connectivity index (χ0) is 19.4. The van der Waals surface area contributed by atoms with E-state index in [1.165, 1.54) is 10.9 Å². The second-order valence-electron chi connectivity index (χ2n) is 6.57. The highest BCUT2D eigenvalue weighted by atomic mass is 16.6. The quantitative estimate of drug-likeness (QED) is 0.287. The van der Waals surface area contributed by atoms with E-state index < -0.39 is 36.7 Å². The second kappa shape index (κ2) is 8.76. The molecule has 0 saturated carbocycles. The molecule has 1 aliphatic rings. The monoisotopic (exact) mass is 382 g/mol. The van der Waals surface area contributed by atoms with Crippen molar-refractivity contribution in [2.75, 3.05) is 25.0 Å². The minimum absolute atomic E-state index is 0.0980. The largest absolute Gasteiger partial charge is 0.394 e. The van der Waals surface area contributed by atoms with E-state index in [1.54, 1.807) is 0 Å². The fourth-order valence-electron chi connectivity index (χ4n) is 3.20. The minimum Gasteiger partial charge on any atom is -0.394 e. The smallest absolute Gasteiger partial charge is 0.278 e. The number of imidazole rings is 1. The van der Waals surface area contributed by atoms with Crippen molar-refractivity contribution in [3.63, 3.8) is 0 Å². The van der Waals surface area contributed by atoms with Gasteiger partial charge in [0.25, 0.3) is 5.56 Å². The fraction of sp³-hybridized carbons (Fsp3) is 0.688. The predicted octanol–water partition coefficient (Wildman–Crippen LogP) is -1.34. The Hall–Kier alpha value is -2.05. The number of H-pyrrole nitrogens is 1. The summed E-state index contributed by atoms with van der Waals surface area (Å²) in [5, 5.41) is 32.9. The standard InChI is InChI=1S/C16H26N6O5/c17-5-3-1-2-4-6-18-16-21-10-13(19-8-20-14(10)26)22(16)15-12(25)11(24)9(7-23)27-15/h8-9,11-12,15,23-25H,1-7,17H2,(H,18,21)(H,19,20,26)/t9-,11+,12-,15-/m1/s1. The molecular weight excluding hydrogens is 356 g/mol. The van der Waals surface area contributed by atoms with Crippen molar-refractivity contribution in [3.8, 4) is 0 Å². The van der Waals surface area contributed by atoms with Gasteiger partial charge in [0.1, 0.15) is 18.3 Å². The van der Waals surface area contributed by atoms with Crippen LogP contribution in [0.25, 0.3) is 11.2 Å². The molecule has 0 bridgehead atoms. The first kappa shape index (κ1) is 19.7. The molecule has 27 heavy (non-hydrogen) atoms. The van der Waals surface area contributed by atoms with Crippen LogP contribution in [0.1, 0.15) is 31.9 Å². The van der Waals surface area contributed by atoms with E-state index in [-0.39, 0.29) is 11.2 Å². The molecule has 2 aromatic heterocycles. The van der Waals surface area contributed by atoms with Crippen molar-refractivity contribution in [2.45, 2.75) is 50.2 Å². The molecule has 1 aliphatic heterocycles. The number of nitrogens with zero attached hydrogens (tertiary/aromatic N) is 3. The van der Waals surface area contributed by atoms with E-state index in [1.807, 2.05) is 0 Å². The van der Waals surface area contributed by atoms with E-state index in [9.17, 15) is 20.1 Å². The van der Waals surface area contributed by atoms with Crippen molar-refractivity contribution >= 4 is 17.1 Å². The number of aromatic amines is 1. The van der Waals surface area contributed by atoms with Crippen LogP contribution in [0, 0.1) is 0 Å². The number of aliphatic hydroxyl groups is 3. The number of hydrogen-bond donors (Lipinski definition) is 6. The Morgan fingerprint density at radius 1 is 1.26 bits per heavy atom. The lowest BCUT2D eigenvalue weighted by Gasteiger charge is -2.19. The molecule has 150 valence electrons. The first-order valence-electron chi connectivity index (χ1n) is 9.10. The predicted molar refractivity (Wildman–Crippen MR) is 97.2 cm³/mol. The third-order valence-corrected chi connectivity index (χ3v) is 4.67. The van der Waals surface area contributed by atoms with E-state index in [0.717, 1.165) is 25.7 Å². The van der Waals surface area contributed by atoms with Crippen LogP contribution in [-0.4, -0.2) is 72.8 Å². The van der Waals surface area contributed by atoms with Gasteiger partial charge in [-0.3, -0.25) is 9.36 Å². The van der Waals surface area contributed by atoms with E-state index in [4.69, 9.17) is 10.5 Å². The van der Waals surface area contributed by atoms with Crippen LogP contribution >= 0.6 is 0 Å². The Balaban J connectivity index is 1.86. The van der Waals surface area contributed by atoms with E-state index in [0.29, 0.717) is 19.0 Å². The van der Waals surface area contributed by atoms with Crippen molar-refractivity contribution in [1.29, 1.82) is 0 Å². The van der Waals surface area contributed by atoms with Crippen LogP contribution in [0.5, 0.6) is 0 Å². The van der Waals surface area contributed by atoms with Gasteiger partial charge in [0.05, 0.1) is 12.9 Å². The maximum atomic E-state index is 12.1. The van der Waals surface area contributed by atoms with Crippen LogP contribution < -0.4 is 16.6 Å². The molecule has 0 amide bonds. The Morgan fingerprint density at radius 3 is 2.74 bits per heavy atom. The zero-order valence-corrected chi connectivity index (χ0v) is 14.9. The molecule has 3 heterocycles. The fourth-order valence-corrected chi connectivity index (χ4v) is 3.20. The Kier molecular flexibility index (Phi) is 6.39. The average Bonchev–Trinajstić information content (AvgIpc) is 3.17. The van der Waals surface area contributed by atoms with Crippen LogP contribution in [0.4, 0.5) is 5.95 Å². The van der Waals surface area contributed by atoms with Gasteiger partial charge in [0.2, 0.25) is 5.95 Å². The van der Waals surface area contributed by atoms with Crippen LogP contribution in [0.3, 0.4) is 0 Å². The zero-order valence-electron chi connectivity index (χ0n) is 14.9. The molecule has 11 heteroatoms. The maximum absolute atomic E-state index is 12.1. The highest BCUT2D eigenvalue weighted by Gasteiger charge is 2.45. The summed E-state index contributed by atoms with van der Waals surface area (Å²) in [6.07, 6.45) is 0.588. The lowest BCUT2D eigenvalue weighted by atomic mass is 10.1. The van der Waals surface area contributed by atoms with Gasteiger partial charge in [-0.25, -0.2) is 9.97 Å². The van der Waals surface area contributed by atoms with Gasteiger partial charge in [-0.05, 0) is 19.4 Å². The van der Waals surface area contributed by atoms with Crippen LogP contribution in [-0.2, 0) is 4.74 Å². The summed E-state index contributed by atoms with van der Waals surface area (Å²) in [7, 11) is 0. The van der Waals surface area contributed by atoms with Gasteiger partial charge in [0.15, 0.2) is 17.4 Å². The number of aromatic nitrogens is 4. The molecule has 0 radical (unpaired) electrons. The number of hydrogen-bond acceptors (Lipinski definition) is 9. The number of unbranched alkanes of at least 4 members (excludes halogenated alkanes) is 3. The molecule has 3 rings (SSSR count). The molecule has 0 aliphatic carbocycles. The first-order chi connectivity index (χ1) is 13.1. The second-order valence-corrected chi connectivity index (χ2v) is 6.57. The van der Waals surface area contributed by atoms with Gasteiger partial charge in [-0.2, -0.15) is 0 Å². The van der Waals surface area contributed by atoms with Crippen molar-refractivity contribution in [2.24, 2.45) is 5.73 Å². The molecule has 1 fully saturated rings. The van der Waals surface area contributed by atoms with Crippen LogP contribution in [0.2, 0.25) is 0 Å². The highest BCUT2D eigenvalue weighted by molar-refractivity contribution is 5.73. The van der Waals surface area contributed by atoms with Crippen molar-refractivity contribution in [3.05, 3.63) is 16.7 Å². The number of nitrogens with two attached hydrogens (primary N) is 1. The Labute approximate surface area is 155 Å². The van der Waals surface area contributed by atoms with Gasteiger partial charge in [-0.1, -0.05) is 12.8 Å².